The van der Waals surface area contributed by atoms with Gasteiger partial charge in [0.05, 0.1) is 25.4 Å². The van der Waals surface area contributed by atoms with Crippen molar-refractivity contribution in [2.45, 2.75) is 57.3 Å². The van der Waals surface area contributed by atoms with Gasteiger partial charge in [-0.25, -0.2) is 0 Å². The fraction of sp³-hybridized carbons (Fsp3) is 0.500. The number of rotatable bonds is 4. The summed E-state index contributed by atoms with van der Waals surface area (Å²) in [5.74, 6) is 2.14. The molecule has 3 aliphatic rings. The molecule has 0 amide bonds. The first-order chi connectivity index (χ1) is 13.7. The predicted molar refractivity (Wildman–Crippen MR) is 110 cm³/mol. The largest absolute Gasteiger partial charge is 0.493 e. The highest BCUT2D eigenvalue weighted by atomic mass is 16.5. The zero-order valence-corrected chi connectivity index (χ0v) is 16.7. The molecule has 2 aromatic rings. The quantitative estimate of drug-likeness (QED) is 0.754. The molecule has 2 fully saturated rings. The highest BCUT2D eigenvalue weighted by molar-refractivity contribution is 5.60. The van der Waals surface area contributed by atoms with Crippen LogP contribution in [0.1, 0.15) is 60.9 Å². The minimum atomic E-state index is 0.145. The van der Waals surface area contributed by atoms with Crippen LogP contribution in [0, 0.1) is 12.8 Å². The summed E-state index contributed by atoms with van der Waals surface area (Å²) in [7, 11) is 1.73. The SMILES string of the molecule is COc1cccc(C2Nc3ccc(C)cc3C3OCCC23)c1OC1CCCC1. The number of hydrogen-bond donors (Lipinski definition) is 1. The van der Waals surface area contributed by atoms with Crippen LogP contribution in [0.3, 0.4) is 0 Å². The lowest BCUT2D eigenvalue weighted by Gasteiger charge is -2.37. The van der Waals surface area contributed by atoms with Crippen LogP contribution in [-0.4, -0.2) is 19.8 Å². The van der Waals surface area contributed by atoms with E-state index >= 15 is 0 Å². The lowest BCUT2D eigenvalue weighted by molar-refractivity contribution is 0.0823. The third-order valence-corrected chi connectivity index (χ3v) is 6.54. The van der Waals surface area contributed by atoms with Crippen molar-refractivity contribution in [1.82, 2.24) is 0 Å². The maximum atomic E-state index is 6.53. The minimum Gasteiger partial charge on any atom is -0.493 e. The van der Waals surface area contributed by atoms with Gasteiger partial charge in [0.1, 0.15) is 0 Å². The average molecular weight is 380 g/mol. The summed E-state index contributed by atoms with van der Waals surface area (Å²) < 4.78 is 18.4. The van der Waals surface area contributed by atoms with E-state index in [-0.39, 0.29) is 12.1 Å². The molecule has 0 bridgehead atoms. The molecule has 5 rings (SSSR count). The van der Waals surface area contributed by atoms with Crippen LogP contribution in [0.4, 0.5) is 5.69 Å². The summed E-state index contributed by atoms with van der Waals surface area (Å²) in [5.41, 5.74) is 4.94. The average Bonchev–Trinajstić information content (AvgIpc) is 3.40. The van der Waals surface area contributed by atoms with Gasteiger partial charge < -0.3 is 19.5 Å². The van der Waals surface area contributed by atoms with E-state index in [1.54, 1.807) is 7.11 Å². The molecule has 0 radical (unpaired) electrons. The molecule has 2 heterocycles. The van der Waals surface area contributed by atoms with E-state index in [0.29, 0.717) is 12.0 Å². The van der Waals surface area contributed by atoms with Crippen molar-refractivity contribution in [1.29, 1.82) is 0 Å². The second-order valence-corrected chi connectivity index (χ2v) is 8.36. The summed E-state index contributed by atoms with van der Waals surface area (Å²) in [6.07, 6.45) is 6.26. The Morgan fingerprint density at radius 1 is 1.04 bits per heavy atom. The number of fused-ring (bicyclic) bond motifs is 3. The second-order valence-electron chi connectivity index (χ2n) is 8.36. The topological polar surface area (TPSA) is 39.7 Å². The van der Waals surface area contributed by atoms with Gasteiger partial charge in [0.15, 0.2) is 11.5 Å². The van der Waals surface area contributed by atoms with Crippen LogP contribution in [0.25, 0.3) is 0 Å². The number of benzene rings is 2. The van der Waals surface area contributed by atoms with Crippen molar-refractivity contribution < 1.29 is 14.2 Å². The Kier molecular flexibility index (Phi) is 4.67. The van der Waals surface area contributed by atoms with E-state index < -0.39 is 0 Å². The fourth-order valence-electron chi connectivity index (χ4n) is 5.14. The van der Waals surface area contributed by atoms with Crippen LogP contribution in [-0.2, 0) is 4.74 Å². The van der Waals surface area contributed by atoms with Gasteiger partial charge in [0.2, 0.25) is 0 Å². The van der Waals surface area contributed by atoms with Crippen molar-refractivity contribution in [2.24, 2.45) is 5.92 Å². The summed E-state index contributed by atoms with van der Waals surface area (Å²) >= 11 is 0. The van der Waals surface area contributed by atoms with Gasteiger partial charge in [-0.15, -0.1) is 0 Å². The molecule has 1 saturated carbocycles. The molecule has 3 unspecified atom stereocenters. The van der Waals surface area contributed by atoms with Gasteiger partial charge >= 0.3 is 0 Å². The normalized spacial score (nSPS) is 26.4. The van der Waals surface area contributed by atoms with Crippen molar-refractivity contribution in [3.05, 3.63) is 53.1 Å². The van der Waals surface area contributed by atoms with Crippen LogP contribution in [0.15, 0.2) is 36.4 Å². The van der Waals surface area contributed by atoms with Gasteiger partial charge in [-0.2, -0.15) is 0 Å². The highest BCUT2D eigenvalue weighted by Gasteiger charge is 2.43. The summed E-state index contributed by atoms with van der Waals surface area (Å²) in [5, 5.41) is 3.81. The molecule has 148 valence electrons. The number of para-hydroxylation sites is 1. The fourth-order valence-corrected chi connectivity index (χ4v) is 5.14. The standard InChI is InChI=1S/C24H29NO3/c1-15-10-11-20-19(14-15)23-18(12-13-27-23)22(25-20)17-8-5-9-21(26-2)24(17)28-16-6-3-4-7-16/h5,8-11,14,16,18,22-23,25H,3-4,6-7,12-13H2,1-2H3. The van der Waals surface area contributed by atoms with Gasteiger partial charge in [-0.1, -0.05) is 29.8 Å². The Balaban J connectivity index is 1.56. The minimum absolute atomic E-state index is 0.145. The van der Waals surface area contributed by atoms with Crippen LogP contribution in [0.2, 0.25) is 0 Å². The molecule has 0 aromatic heterocycles. The molecule has 1 aliphatic carbocycles. The van der Waals surface area contributed by atoms with Crippen LogP contribution < -0.4 is 14.8 Å². The Labute approximate surface area is 167 Å². The Hall–Kier alpha value is -2.20. The molecular formula is C24H29NO3. The molecule has 28 heavy (non-hydrogen) atoms. The van der Waals surface area contributed by atoms with E-state index in [1.807, 2.05) is 6.07 Å². The van der Waals surface area contributed by atoms with Gasteiger partial charge in [-0.3, -0.25) is 0 Å². The number of ether oxygens (including phenoxy) is 3. The van der Waals surface area contributed by atoms with Gasteiger partial charge in [-0.05, 0) is 51.2 Å². The zero-order valence-electron chi connectivity index (χ0n) is 16.7. The second kappa shape index (κ2) is 7.32. The first-order valence-electron chi connectivity index (χ1n) is 10.6. The first-order valence-corrected chi connectivity index (χ1v) is 10.6. The van der Waals surface area contributed by atoms with Crippen LogP contribution in [0.5, 0.6) is 11.5 Å². The maximum absolute atomic E-state index is 6.53. The smallest absolute Gasteiger partial charge is 0.166 e. The highest BCUT2D eigenvalue weighted by Crippen LogP contribution is 2.52. The van der Waals surface area contributed by atoms with E-state index in [4.69, 9.17) is 14.2 Å². The lowest BCUT2D eigenvalue weighted by atomic mass is 9.80. The molecular weight excluding hydrogens is 350 g/mol. The van der Waals surface area contributed by atoms with Crippen molar-refractivity contribution in [3.8, 4) is 11.5 Å². The van der Waals surface area contributed by atoms with Gasteiger partial charge in [0.25, 0.3) is 0 Å². The Morgan fingerprint density at radius 2 is 1.89 bits per heavy atom. The molecule has 3 atom stereocenters. The molecule has 1 saturated heterocycles. The van der Waals surface area contributed by atoms with Crippen LogP contribution >= 0.6 is 0 Å². The molecule has 1 N–H and O–H groups in total. The lowest BCUT2D eigenvalue weighted by Crippen LogP contribution is -2.30. The third kappa shape index (κ3) is 3.04. The Bertz CT molecular complexity index is 859. The number of hydrogen-bond acceptors (Lipinski definition) is 4. The summed E-state index contributed by atoms with van der Waals surface area (Å²) in [4.78, 5) is 0. The number of nitrogens with one attached hydrogen (secondary N) is 1. The number of anilines is 1. The van der Waals surface area contributed by atoms with Crippen molar-refractivity contribution >= 4 is 5.69 Å². The van der Waals surface area contributed by atoms with E-state index in [2.05, 4.69) is 42.6 Å². The molecule has 0 spiro atoms. The maximum Gasteiger partial charge on any atom is 0.166 e. The third-order valence-electron chi connectivity index (χ3n) is 6.54. The van der Waals surface area contributed by atoms with Crippen molar-refractivity contribution in [2.75, 3.05) is 19.0 Å². The molecule has 4 heteroatoms. The molecule has 4 nitrogen and oxygen atoms in total. The summed E-state index contributed by atoms with van der Waals surface area (Å²) in [6.45, 7) is 2.95. The number of methoxy groups -OCH3 is 1. The van der Waals surface area contributed by atoms with E-state index in [9.17, 15) is 0 Å². The van der Waals surface area contributed by atoms with Gasteiger partial charge in [0, 0.05) is 29.3 Å². The Morgan fingerprint density at radius 3 is 2.71 bits per heavy atom. The monoisotopic (exact) mass is 379 g/mol. The first kappa shape index (κ1) is 17.9. The predicted octanol–water partition coefficient (Wildman–Crippen LogP) is 5.57. The summed E-state index contributed by atoms with van der Waals surface area (Å²) in [6, 6.07) is 13.1. The van der Waals surface area contributed by atoms with Crippen molar-refractivity contribution in [3.63, 3.8) is 0 Å². The molecule has 2 aliphatic heterocycles. The number of aryl methyl sites for hydroxylation is 1. The molecule has 2 aromatic carbocycles. The van der Waals surface area contributed by atoms with E-state index in [1.165, 1.54) is 35.2 Å². The van der Waals surface area contributed by atoms with E-state index in [0.717, 1.165) is 37.4 Å². The zero-order chi connectivity index (χ0) is 19.1.